The van der Waals surface area contributed by atoms with Crippen LogP contribution in [0.15, 0.2) is 0 Å². The SMILES string of the molecule is CC(O)C(NC(=O)C(N)CCCCN)C(=O)NC(CCCCN)C(=O)NC(CCCCN)C(=O)O. The number of nitrogens with one attached hydrogen (secondary N) is 3. The molecule has 0 radical (unpaired) electrons. The fourth-order valence-corrected chi connectivity index (χ4v) is 3.35. The maximum atomic E-state index is 12.9. The Balaban J connectivity index is 5.33. The zero-order valence-electron chi connectivity index (χ0n) is 20.7. The summed E-state index contributed by atoms with van der Waals surface area (Å²) in [6, 6.07) is -4.46. The first-order valence-corrected chi connectivity index (χ1v) is 12.3. The molecule has 0 aromatic rings. The monoisotopic (exact) mass is 503 g/mol. The van der Waals surface area contributed by atoms with Crippen molar-refractivity contribution in [1.82, 2.24) is 16.0 Å². The van der Waals surface area contributed by atoms with Gasteiger partial charge in [0.1, 0.15) is 18.1 Å². The average molecular weight is 504 g/mol. The Kier molecular flexibility index (Phi) is 17.7. The summed E-state index contributed by atoms with van der Waals surface area (Å²) in [5.74, 6) is -3.27. The van der Waals surface area contributed by atoms with Crippen molar-refractivity contribution in [3.8, 4) is 0 Å². The fourth-order valence-electron chi connectivity index (χ4n) is 3.35. The number of aliphatic carboxylic acids is 1. The third kappa shape index (κ3) is 14.0. The number of carbonyl (C=O) groups is 4. The predicted molar refractivity (Wildman–Crippen MR) is 132 cm³/mol. The van der Waals surface area contributed by atoms with E-state index < -0.39 is 54.0 Å². The summed E-state index contributed by atoms with van der Waals surface area (Å²) in [4.78, 5) is 49.7. The lowest BCUT2D eigenvalue weighted by atomic mass is 10.0. The minimum atomic E-state index is -1.35. The Morgan fingerprint density at radius 3 is 1.60 bits per heavy atom. The summed E-state index contributed by atoms with van der Waals surface area (Å²) in [5, 5.41) is 27.0. The summed E-state index contributed by atoms with van der Waals surface area (Å²) in [5.41, 5.74) is 22.3. The van der Waals surface area contributed by atoms with E-state index >= 15 is 0 Å². The molecule has 13 nitrogen and oxygen atoms in total. The van der Waals surface area contributed by atoms with Crippen LogP contribution in [0.3, 0.4) is 0 Å². The van der Waals surface area contributed by atoms with E-state index in [2.05, 4.69) is 16.0 Å². The number of hydrogen-bond donors (Lipinski definition) is 9. The van der Waals surface area contributed by atoms with Gasteiger partial charge in [-0.25, -0.2) is 4.79 Å². The molecule has 204 valence electrons. The first-order valence-electron chi connectivity index (χ1n) is 12.3. The number of carbonyl (C=O) groups excluding carboxylic acids is 3. The Hall–Kier alpha value is -2.32. The van der Waals surface area contributed by atoms with E-state index in [0.717, 1.165) is 0 Å². The minimum absolute atomic E-state index is 0.191. The first-order chi connectivity index (χ1) is 16.6. The average Bonchev–Trinajstić information content (AvgIpc) is 2.80. The minimum Gasteiger partial charge on any atom is -0.480 e. The summed E-state index contributed by atoms with van der Waals surface area (Å²) in [6.45, 7) is 2.58. The summed E-state index contributed by atoms with van der Waals surface area (Å²) >= 11 is 0. The van der Waals surface area contributed by atoms with E-state index in [1.807, 2.05) is 0 Å². The number of aliphatic hydroxyl groups excluding tert-OH is 1. The van der Waals surface area contributed by atoms with E-state index in [9.17, 15) is 29.4 Å². The van der Waals surface area contributed by atoms with Gasteiger partial charge in [-0.1, -0.05) is 6.42 Å². The van der Waals surface area contributed by atoms with E-state index in [1.54, 1.807) is 0 Å². The molecular formula is C22H45N7O6. The number of unbranched alkanes of at least 4 members (excludes halogenated alkanes) is 3. The summed E-state index contributed by atoms with van der Waals surface area (Å²) in [7, 11) is 0. The van der Waals surface area contributed by atoms with Crippen LogP contribution in [-0.4, -0.2) is 83.8 Å². The first kappa shape index (κ1) is 32.7. The molecule has 0 aromatic carbocycles. The second-order valence-corrected chi connectivity index (χ2v) is 8.65. The predicted octanol–water partition coefficient (Wildman–Crippen LogP) is -2.38. The van der Waals surface area contributed by atoms with Crippen LogP contribution >= 0.6 is 0 Å². The number of carboxylic acids is 1. The zero-order valence-corrected chi connectivity index (χ0v) is 20.7. The topological polar surface area (TPSA) is 249 Å². The molecule has 0 saturated heterocycles. The van der Waals surface area contributed by atoms with Crippen LogP contribution in [0, 0.1) is 0 Å². The Morgan fingerprint density at radius 1 is 0.686 bits per heavy atom. The molecule has 0 aliphatic rings. The number of amides is 3. The Morgan fingerprint density at radius 2 is 1.14 bits per heavy atom. The molecule has 0 heterocycles. The van der Waals surface area contributed by atoms with Crippen LogP contribution in [0.1, 0.15) is 64.7 Å². The molecule has 3 amide bonds. The fraction of sp³-hybridized carbons (Fsp3) is 0.818. The summed E-state index contributed by atoms with van der Waals surface area (Å²) in [6.07, 6.45) is 3.03. The quantitative estimate of drug-likeness (QED) is 0.0797. The third-order valence-electron chi connectivity index (χ3n) is 5.51. The van der Waals surface area contributed by atoms with Crippen molar-refractivity contribution < 1.29 is 29.4 Å². The van der Waals surface area contributed by atoms with E-state index in [4.69, 9.17) is 22.9 Å². The van der Waals surface area contributed by atoms with Gasteiger partial charge < -0.3 is 49.1 Å². The van der Waals surface area contributed by atoms with Crippen LogP contribution in [0.25, 0.3) is 0 Å². The Bertz CT molecular complexity index is 650. The lowest BCUT2D eigenvalue weighted by molar-refractivity contribution is -0.142. The Labute approximate surface area is 207 Å². The van der Waals surface area contributed by atoms with Gasteiger partial charge in [0, 0.05) is 0 Å². The highest BCUT2D eigenvalue weighted by Crippen LogP contribution is 2.07. The molecule has 0 fully saturated rings. The smallest absolute Gasteiger partial charge is 0.326 e. The van der Waals surface area contributed by atoms with Crippen LogP contribution in [0.4, 0.5) is 0 Å². The molecule has 0 aliphatic carbocycles. The second-order valence-electron chi connectivity index (χ2n) is 8.65. The van der Waals surface area contributed by atoms with Crippen molar-refractivity contribution in [3.63, 3.8) is 0 Å². The molecule has 0 aliphatic heterocycles. The van der Waals surface area contributed by atoms with Gasteiger partial charge >= 0.3 is 5.97 Å². The number of nitrogens with two attached hydrogens (primary N) is 4. The van der Waals surface area contributed by atoms with E-state index in [1.165, 1.54) is 6.92 Å². The normalized spacial score (nSPS) is 15.4. The maximum absolute atomic E-state index is 12.9. The highest BCUT2D eigenvalue weighted by molar-refractivity contribution is 5.94. The van der Waals surface area contributed by atoms with Crippen molar-refractivity contribution >= 4 is 23.7 Å². The van der Waals surface area contributed by atoms with Gasteiger partial charge in [0.15, 0.2) is 0 Å². The lowest BCUT2D eigenvalue weighted by Crippen LogP contribution is -2.59. The molecule has 35 heavy (non-hydrogen) atoms. The van der Waals surface area contributed by atoms with Gasteiger partial charge in [-0.3, -0.25) is 14.4 Å². The summed E-state index contributed by atoms with van der Waals surface area (Å²) < 4.78 is 0. The lowest BCUT2D eigenvalue weighted by Gasteiger charge is -2.26. The van der Waals surface area contributed by atoms with Crippen molar-refractivity contribution in [3.05, 3.63) is 0 Å². The van der Waals surface area contributed by atoms with Crippen LogP contribution in [0.5, 0.6) is 0 Å². The molecule has 0 rings (SSSR count). The van der Waals surface area contributed by atoms with Gasteiger partial charge in [-0.05, 0) is 77.9 Å². The number of rotatable bonds is 20. The van der Waals surface area contributed by atoms with E-state index in [0.29, 0.717) is 64.6 Å². The van der Waals surface area contributed by atoms with Crippen molar-refractivity contribution in [2.75, 3.05) is 19.6 Å². The third-order valence-corrected chi connectivity index (χ3v) is 5.51. The van der Waals surface area contributed by atoms with Crippen molar-refractivity contribution in [1.29, 1.82) is 0 Å². The second kappa shape index (κ2) is 18.9. The van der Waals surface area contributed by atoms with E-state index in [-0.39, 0.29) is 12.8 Å². The van der Waals surface area contributed by atoms with Gasteiger partial charge in [0.25, 0.3) is 0 Å². The zero-order chi connectivity index (χ0) is 26.8. The molecule has 0 saturated carbocycles. The van der Waals surface area contributed by atoms with Gasteiger partial charge in [-0.2, -0.15) is 0 Å². The number of carboxylic acid groups (broad SMARTS) is 1. The van der Waals surface area contributed by atoms with Crippen molar-refractivity contribution in [2.24, 2.45) is 22.9 Å². The standard InChI is InChI=1S/C22H45N7O6/c1-14(30)18(29-19(31)15(26)8-2-5-11-23)21(33)27-16(9-3-6-12-24)20(32)28-17(22(34)35)10-4-7-13-25/h14-18,30H,2-13,23-26H2,1H3,(H,27,33)(H,28,32)(H,29,31)(H,34,35). The molecule has 5 atom stereocenters. The molecule has 0 bridgehead atoms. The molecule has 0 aromatic heterocycles. The number of hydrogen-bond acceptors (Lipinski definition) is 9. The van der Waals surface area contributed by atoms with Gasteiger partial charge in [-0.15, -0.1) is 0 Å². The van der Waals surface area contributed by atoms with Crippen molar-refractivity contribution in [2.45, 2.75) is 95.0 Å². The highest BCUT2D eigenvalue weighted by Gasteiger charge is 2.32. The van der Waals surface area contributed by atoms with Crippen LogP contribution in [-0.2, 0) is 19.2 Å². The molecule has 0 spiro atoms. The number of aliphatic hydroxyl groups is 1. The van der Waals surface area contributed by atoms with Crippen LogP contribution < -0.4 is 38.9 Å². The largest absolute Gasteiger partial charge is 0.480 e. The van der Waals surface area contributed by atoms with Gasteiger partial charge in [0.05, 0.1) is 12.1 Å². The maximum Gasteiger partial charge on any atom is 0.326 e. The van der Waals surface area contributed by atoms with Crippen LogP contribution in [0.2, 0.25) is 0 Å². The molecule has 13 N–H and O–H groups in total. The highest BCUT2D eigenvalue weighted by atomic mass is 16.4. The molecule has 5 unspecified atom stereocenters. The molecule has 13 heteroatoms. The molecular weight excluding hydrogens is 458 g/mol. The van der Waals surface area contributed by atoms with Gasteiger partial charge in [0.2, 0.25) is 17.7 Å².